The molecular weight excluding hydrogens is 280 g/mol. The topological polar surface area (TPSA) is 55.1 Å². The van der Waals surface area contributed by atoms with Gasteiger partial charge in [0, 0.05) is 12.5 Å². The molecule has 3 N–H and O–H groups in total. The van der Waals surface area contributed by atoms with Gasteiger partial charge in [-0.1, -0.05) is 12.8 Å². The second-order valence-electron chi connectivity index (χ2n) is 5.09. The van der Waals surface area contributed by atoms with E-state index in [4.69, 9.17) is 5.73 Å². The highest BCUT2D eigenvalue weighted by atomic mass is 35.5. The Morgan fingerprint density at radius 1 is 1.42 bits per heavy atom. The molecule has 1 heterocycles. The molecule has 1 amide bonds. The number of amides is 1. The summed E-state index contributed by atoms with van der Waals surface area (Å²) in [5.74, 6) is 0.649. The second-order valence-corrected chi connectivity index (χ2v) is 5.87. The minimum Gasteiger partial charge on any atom is -0.353 e. The first-order valence-corrected chi connectivity index (χ1v) is 7.74. The van der Waals surface area contributed by atoms with Crippen LogP contribution in [0.4, 0.5) is 0 Å². The van der Waals surface area contributed by atoms with Crippen molar-refractivity contribution in [1.29, 1.82) is 0 Å². The van der Waals surface area contributed by atoms with Crippen LogP contribution in [0.3, 0.4) is 0 Å². The van der Waals surface area contributed by atoms with E-state index in [2.05, 4.69) is 22.1 Å². The molecule has 1 aromatic rings. The Kier molecular flexibility index (Phi) is 7.42. The lowest BCUT2D eigenvalue weighted by atomic mass is 9.84. The van der Waals surface area contributed by atoms with Gasteiger partial charge in [0.25, 0.3) is 0 Å². The molecule has 2 unspecified atom stereocenters. The van der Waals surface area contributed by atoms with Crippen molar-refractivity contribution in [3.8, 4) is 0 Å². The summed E-state index contributed by atoms with van der Waals surface area (Å²) in [5.41, 5.74) is 7.03. The van der Waals surface area contributed by atoms with Gasteiger partial charge < -0.3 is 11.1 Å². The molecule has 0 spiro atoms. The third-order valence-electron chi connectivity index (χ3n) is 3.78. The monoisotopic (exact) mass is 302 g/mol. The average Bonchev–Trinajstić information content (AvgIpc) is 2.90. The van der Waals surface area contributed by atoms with Gasteiger partial charge >= 0.3 is 0 Å². The summed E-state index contributed by atoms with van der Waals surface area (Å²) in [6, 6.07) is 2.39. The molecule has 2 rings (SSSR count). The van der Waals surface area contributed by atoms with E-state index < -0.39 is 0 Å². The molecule has 2 atom stereocenters. The largest absolute Gasteiger partial charge is 0.353 e. The van der Waals surface area contributed by atoms with Gasteiger partial charge in [0.1, 0.15) is 0 Å². The predicted octanol–water partition coefficient (Wildman–Crippen LogP) is 2.74. The van der Waals surface area contributed by atoms with Crippen LogP contribution in [-0.4, -0.2) is 18.5 Å². The van der Waals surface area contributed by atoms with Gasteiger partial charge in [-0.3, -0.25) is 4.79 Å². The number of carbonyl (C=O) groups is 1. The Morgan fingerprint density at radius 3 is 2.89 bits per heavy atom. The number of hydrogen-bond acceptors (Lipinski definition) is 3. The maximum Gasteiger partial charge on any atom is 0.220 e. The minimum absolute atomic E-state index is 0. The zero-order valence-corrected chi connectivity index (χ0v) is 12.8. The van der Waals surface area contributed by atoms with Gasteiger partial charge in [-0.25, -0.2) is 0 Å². The maximum absolute atomic E-state index is 11.9. The van der Waals surface area contributed by atoms with Crippen LogP contribution < -0.4 is 11.1 Å². The number of hydrogen-bond donors (Lipinski definition) is 2. The average molecular weight is 303 g/mol. The predicted molar refractivity (Wildman–Crippen MR) is 82.8 cm³/mol. The molecule has 1 aromatic heterocycles. The third kappa shape index (κ3) is 5.13. The number of aryl methyl sites for hydroxylation is 1. The van der Waals surface area contributed by atoms with E-state index in [1.54, 1.807) is 11.3 Å². The molecule has 3 nitrogen and oxygen atoms in total. The van der Waals surface area contributed by atoms with Crippen molar-refractivity contribution in [2.45, 2.75) is 44.6 Å². The van der Waals surface area contributed by atoms with Crippen LogP contribution in [0.15, 0.2) is 16.8 Å². The first-order valence-electron chi connectivity index (χ1n) is 6.80. The Hall–Kier alpha value is -0.580. The number of nitrogens with one attached hydrogen (secondary N) is 1. The standard InChI is InChI=1S/C14H22N2OS.ClH/c15-9-12-3-1-2-4-13(12)16-14(17)6-5-11-7-8-18-10-11;/h7-8,10,12-13H,1-6,9,15H2,(H,16,17);1H. The van der Waals surface area contributed by atoms with Crippen LogP contribution >= 0.6 is 23.7 Å². The molecule has 1 aliphatic rings. The minimum atomic E-state index is 0. The SMILES string of the molecule is Cl.NCC1CCCCC1NC(=O)CCc1ccsc1. The van der Waals surface area contributed by atoms with E-state index >= 15 is 0 Å². The van der Waals surface area contributed by atoms with Crippen LogP contribution in [0.25, 0.3) is 0 Å². The third-order valence-corrected chi connectivity index (χ3v) is 4.51. The van der Waals surface area contributed by atoms with Crippen molar-refractivity contribution in [2.75, 3.05) is 6.54 Å². The number of thiophene rings is 1. The molecule has 108 valence electrons. The molecule has 0 radical (unpaired) electrons. The van der Waals surface area contributed by atoms with E-state index in [-0.39, 0.29) is 18.3 Å². The Bertz CT molecular complexity index is 370. The molecule has 0 aliphatic heterocycles. The van der Waals surface area contributed by atoms with Gasteiger partial charge in [0.15, 0.2) is 0 Å². The molecule has 0 bridgehead atoms. The maximum atomic E-state index is 11.9. The molecular formula is C14H23ClN2OS. The highest BCUT2D eigenvalue weighted by Crippen LogP contribution is 2.23. The van der Waals surface area contributed by atoms with Crippen LogP contribution in [0.1, 0.15) is 37.7 Å². The van der Waals surface area contributed by atoms with Crippen LogP contribution in [0.5, 0.6) is 0 Å². The van der Waals surface area contributed by atoms with Crippen molar-refractivity contribution in [2.24, 2.45) is 11.7 Å². The van der Waals surface area contributed by atoms with E-state index in [9.17, 15) is 4.79 Å². The smallest absolute Gasteiger partial charge is 0.220 e. The summed E-state index contributed by atoms with van der Waals surface area (Å²) in [6.45, 7) is 0.690. The Morgan fingerprint density at radius 2 is 2.21 bits per heavy atom. The molecule has 19 heavy (non-hydrogen) atoms. The lowest BCUT2D eigenvalue weighted by Gasteiger charge is -2.31. The lowest BCUT2D eigenvalue weighted by molar-refractivity contribution is -0.122. The molecule has 5 heteroatoms. The summed E-state index contributed by atoms with van der Waals surface area (Å²) in [4.78, 5) is 11.9. The van der Waals surface area contributed by atoms with Crippen molar-refractivity contribution < 1.29 is 4.79 Å². The van der Waals surface area contributed by atoms with Crippen molar-refractivity contribution in [1.82, 2.24) is 5.32 Å². The molecule has 0 saturated heterocycles. The van der Waals surface area contributed by atoms with Gasteiger partial charge in [0.2, 0.25) is 5.91 Å². The summed E-state index contributed by atoms with van der Waals surface area (Å²) >= 11 is 1.68. The fourth-order valence-electron chi connectivity index (χ4n) is 2.65. The summed E-state index contributed by atoms with van der Waals surface area (Å²) in [6.07, 6.45) is 6.15. The molecule has 1 saturated carbocycles. The number of nitrogens with two attached hydrogens (primary N) is 1. The molecule has 0 aromatic carbocycles. The van der Waals surface area contributed by atoms with E-state index in [0.29, 0.717) is 24.9 Å². The van der Waals surface area contributed by atoms with Gasteiger partial charge in [-0.2, -0.15) is 11.3 Å². The summed E-state index contributed by atoms with van der Waals surface area (Å²) < 4.78 is 0. The molecule has 1 fully saturated rings. The van der Waals surface area contributed by atoms with Crippen molar-refractivity contribution in [3.63, 3.8) is 0 Å². The number of rotatable bonds is 5. The normalized spacial score (nSPS) is 22.6. The quantitative estimate of drug-likeness (QED) is 0.879. The number of carbonyl (C=O) groups excluding carboxylic acids is 1. The first-order chi connectivity index (χ1) is 8.79. The van der Waals surface area contributed by atoms with Gasteiger partial charge in [-0.05, 0) is 54.1 Å². The van der Waals surface area contributed by atoms with Crippen molar-refractivity contribution in [3.05, 3.63) is 22.4 Å². The van der Waals surface area contributed by atoms with Crippen molar-refractivity contribution >= 4 is 29.7 Å². The highest BCUT2D eigenvalue weighted by Gasteiger charge is 2.24. The summed E-state index contributed by atoms with van der Waals surface area (Å²) in [7, 11) is 0. The zero-order chi connectivity index (χ0) is 12.8. The highest BCUT2D eigenvalue weighted by molar-refractivity contribution is 7.07. The van der Waals surface area contributed by atoms with Crippen LogP contribution in [0, 0.1) is 5.92 Å². The fraction of sp³-hybridized carbons (Fsp3) is 0.643. The van der Waals surface area contributed by atoms with E-state index in [1.165, 1.54) is 18.4 Å². The number of halogens is 1. The zero-order valence-electron chi connectivity index (χ0n) is 11.1. The fourth-order valence-corrected chi connectivity index (χ4v) is 3.35. The van der Waals surface area contributed by atoms with E-state index in [0.717, 1.165) is 19.3 Å². The Balaban J connectivity index is 0.00000180. The van der Waals surface area contributed by atoms with Gasteiger partial charge in [0.05, 0.1) is 0 Å². The van der Waals surface area contributed by atoms with Crippen LogP contribution in [-0.2, 0) is 11.2 Å². The second kappa shape index (κ2) is 8.56. The lowest BCUT2D eigenvalue weighted by Crippen LogP contribution is -2.44. The van der Waals surface area contributed by atoms with Gasteiger partial charge in [-0.15, -0.1) is 12.4 Å². The molecule has 1 aliphatic carbocycles. The van der Waals surface area contributed by atoms with E-state index in [1.807, 2.05) is 0 Å². The summed E-state index contributed by atoms with van der Waals surface area (Å²) in [5, 5.41) is 7.33. The van der Waals surface area contributed by atoms with Crippen LogP contribution in [0.2, 0.25) is 0 Å². The first kappa shape index (κ1) is 16.5. The Labute approximate surface area is 125 Å².